The van der Waals surface area contributed by atoms with Crippen LogP contribution >= 0.6 is 0 Å². The minimum Gasteiger partial charge on any atom is -0.322 e. The number of carbonyl (C=O) groups is 2. The van der Waals surface area contributed by atoms with E-state index in [1.54, 1.807) is 60.9 Å². The molecule has 4 rings (SSSR count). The first kappa shape index (κ1) is 19.2. The predicted octanol–water partition coefficient (Wildman–Crippen LogP) is 4.53. The molecule has 4 aromatic rings. The van der Waals surface area contributed by atoms with E-state index < -0.39 is 11.7 Å². The van der Waals surface area contributed by atoms with Crippen LogP contribution in [-0.2, 0) is 0 Å². The number of Topliss-reactive ketones (excluding diaryl/α,β-unsaturated/α-hetero) is 1. The molecule has 0 atom stereocenters. The number of nitrogens with one attached hydrogen (secondary N) is 1. The summed E-state index contributed by atoms with van der Waals surface area (Å²) in [4.78, 5) is 28.7. The number of halogens is 1. The number of carbonyl (C=O) groups excluding carboxylic acids is 2. The summed E-state index contributed by atoms with van der Waals surface area (Å²) in [5.74, 6) is -0.900. The molecule has 148 valence electrons. The lowest BCUT2D eigenvalue weighted by Gasteiger charge is -2.11. The lowest BCUT2D eigenvalue weighted by Crippen LogP contribution is -2.13. The summed E-state index contributed by atoms with van der Waals surface area (Å²) in [7, 11) is 0. The number of anilines is 1. The SMILES string of the molecule is CC(=O)c1cccc(NC(=O)c2cnn(-c3cccc(F)c3)c2-c2ccncc2)c1. The number of benzene rings is 2. The fourth-order valence-electron chi connectivity index (χ4n) is 3.12. The molecule has 2 aromatic carbocycles. The van der Waals surface area contributed by atoms with Crippen LogP contribution in [0.2, 0.25) is 0 Å². The molecule has 2 aromatic heterocycles. The van der Waals surface area contributed by atoms with Crippen LogP contribution in [0.25, 0.3) is 16.9 Å². The number of pyridine rings is 1. The molecule has 0 aliphatic carbocycles. The fraction of sp³-hybridized carbons (Fsp3) is 0.0435. The van der Waals surface area contributed by atoms with Gasteiger partial charge in [0.05, 0.1) is 23.1 Å². The first-order valence-corrected chi connectivity index (χ1v) is 9.19. The monoisotopic (exact) mass is 400 g/mol. The molecule has 0 aliphatic heterocycles. The highest BCUT2D eigenvalue weighted by atomic mass is 19.1. The summed E-state index contributed by atoms with van der Waals surface area (Å²) in [6, 6.07) is 16.2. The second-order valence-corrected chi connectivity index (χ2v) is 6.63. The van der Waals surface area contributed by atoms with Crippen molar-refractivity contribution < 1.29 is 14.0 Å². The van der Waals surface area contributed by atoms with Crippen LogP contribution in [0.3, 0.4) is 0 Å². The van der Waals surface area contributed by atoms with Gasteiger partial charge in [0.15, 0.2) is 5.78 Å². The second kappa shape index (κ2) is 8.08. The average molecular weight is 400 g/mol. The van der Waals surface area contributed by atoms with Crippen LogP contribution in [0.15, 0.2) is 79.3 Å². The number of rotatable bonds is 5. The summed E-state index contributed by atoms with van der Waals surface area (Å²) < 4.78 is 15.3. The molecule has 0 saturated heterocycles. The predicted molar refractivity (Wildman–Crippen MR) is 111 cm³/mol. The highest BCUT2D eigenvalue weighted by molar-refractivity contribution is 6.08. The number of aromatic nitrogens is 3. The van der Waals surface area contributed by atoms with Crippen molar-refractivity contribution in [2.75, 3.05) is 5.32 Å². The molecular weight excluding hydrogens is 383 g/mol. The van der Waals surface area contributed by atoms with Gasteiger partial charge in [-0.15, -0.1) is 0 Å². The van der Waals surface area contributed by atoms with Crippen LogP contribution in [0, 0.1) is 5.82 Å². The van der Waals surface area contributed by atoms with Gasteiger partial charge < -0.3 is 5.32 Å². The summed E-state index contributed by atoms with van der Waals surface area (Å²) in [5, 5.41) is 7.13. The van der Waals surface area contributed by atoms with Crippen LogP contribution in [-0.4, -0.2) is 26.5 Å². The Labute approximate surface area is 172 Å². The molecule has 0 aliphatic rings. The number of amides is 1. The van der Waals surface area contributed by atoms with E-state index in [0.717, 1.165) is 0 Å². The van der Waals surface area contributed by atoms with Gasteiger partial charge in [0.1, 0.15) is 5.82 Å². The van der Waals surface area contributed by atoms with Gasteiger partial charge >= 0.3 is 0 Å². The van der Waals surface area contributed by atoms with Crippen molar-refractivity contribution in [1.82, 2.24) is 14.8 Å². The van der Waals surface area contributed by atoms with Gasteiger partial charge in [0, 0.05) is 29.2 Å². The maximum atomic E-state index is 13.8. The van der Waals surface area contributed by atoms with Gasteiger partial charge in [-0.3, -0.25) is 14.6 Å². The highest BCUT2D eigenvalue weighted by Crippen LogP contribution is 2.27. The summed E-state index contributed by atoms with van der Waals surface area (Å²) in [6.45, 7) is 1.46. The zero-order valence-corrected chi connectivity index (χ0v) is 16.0. The standard InChI is InChI=1S/C23H17FN4O2/c1-15(29)17-4-2-6-19(12-17)27-23(30)21-14-26-28(20-7-3-5-18(24)13-20)22(21)16-8-10-25-11-9-16/h2-14H,1H3,(H,27,30). The minimum absolute atomic E-state index is 0.0949. The molecule has 0 radical (unpaired) electrons. The molecular formula is C23H17FN4O2. The van der Waals surface area contributed by atoms with Crippen LogP contribution in [0.4, 0.5) is 10.1 Å². The molecule has 30 heavy (non-hydrogen) atoms. The van der Waals surface area contributed by atoms with E-state index in [2.05, 4.69) is 15.4 Å². The van der Waals surface area contributed by atoms with E-state index >= 15 is 0 Å². The van der Waals surface area contributed by atoms with Crippen molar-refractivity contribution in [2.24, 2.45) is 0 Å². The topological polar surface area (TPSA) is 76.9 Å². The Morgan fingerprint density at radius 2 is 1.77 bits per heavy atom. The van der Waals surface area contributed by atoms with Gasteiger partial charge in [0.25, 0.3) is 5.91 Å². The number of nitrogens with zero attached hydrogens (tertiary/aromatic N) is 3. The largest absolute Gasteiger partial charge is 0.322 e. The second-order valence-electron chi connectivity index (χ2n) is 6.63. The van der Waals surface area contributed by atoms with Gasteiger partial charge in [-0.1, -0.05) is 18.2 Å². The first-order valence-electron chi connectivity index (χ1n) is 9.19. The zero-order chi connectivity index (χ0) is 21.1. The third kappa shape index (κ3) is 3.86. The van der Waals surface area contributed by atoms with Crippen LogP contribution < -0.4 is 5.32 Å². The van der Waals surface area contributed by atoms with Gasteiger partial charge in [-0.2, -0.15) is 5.10 Å². The molecule has 0 unspecified atom stereocenters. The van der Waals surface area contributed by atoms with Gasteiger partial charge in [-0.05, 0) is 49.4 Å². The van der Waals surface area contributed by atoms with Crippen molar-refractivity contribution in [3.8, 4) is 16.9 Å². The fourth-order valence-corrected chi connectivity index (χ4v) is 3.12. The number of hydrogen-bond acceptors (Lipinski definition) is 4. The van der Waals surface area contributed by atoms with E-state index in [-0.39, 0.29) is 5.78 Å². The zero-order valence-electron chi connectivity index (χ0n) is 16.0. The molecule has 6 nitrogen and oxygen atoms in total. The average Bonchev–Trinajstić information content (AvgIpc) is 3.20. The Kier molecular flexibility index (Phi) is 5.17. The molecule has 2 heterocycles. The van der Waals surface area contributed by atoms with Crippen molar-refractivity contribution >= 4 is 17.4 Å². The minimum atomic E-state index is -0.407. The molecule has 1 amide bonds. The molecule has 0 bridgehead atoms. The quantitative estimate of drug-likeness (QED) is 0.500. The summed E-state index contributed by atoms with van der Waals surface area (Å²) in [6.07, 6.45) is 4.65. The molecule has 0 saturated carbocycles. The maximum Gasteiger partial charge on any atom is 0.259 e. The van der Waals surface area contributed by atoms with Gasteiger partial charge in [0.2, 0.25) is 0 Å². The Morgan fingerprint density at radius 3 is 2.50 bits per heavy atom. The third-order valence-electron chi connectivity index (χ3n) is 4.55. The Hall–Kier alpha value is -4.13. The van der Waals surface area contributed by atoms with Crippen molar-refractivity contribution in [3.05, 3.63) is 96.2 Å². The highest BCUT2D eigenvalue weighted by Gasteiger charge is 2.20. The van der Waals surface area contributed by atoms with E-state index in [4.69, 9.17) is 0 Å². The van der Waals surface area contributed by atoms with Crippen molar-refractivity contribution in [1.29, 1.82) is 0 Å². The van der Waals surface area contributed by atoms with E-state index in [0.29, 0.717) is 33.8 Å². The Balaban J connectivity index is 1.77. The number of ketones is 1. The van der Waals surface area contributed by atoms with E-state index in [1.165, 1.54) is 29.9 Å². The van der Waals surface area contributed by atoms with E-state index in [9.17, 15) is 14.0 Å². The van der Waals surface area contributed by atoms with Crippen molar-refractivity contribution in [2.45, 2.75) is 6.92 Å². The normalized spacial score (nSPS) is 10.6. The van der Waals surface area contributed by atoms with Crippen LogP contribution in [0.5, 0.6) is 0 Å². The molecule has 0 spiro atoms. The molecule has 7 heteroatoms. The van der Waals surface area contributed by atoms with Gasteiger partial charge in [-0.25, -0.2) is 9.07 Å². The lowest BCUT2D eigenvalue weighted by molar-refractivity contribution is 0.101. The first-order chi connectivity index (χ1) is 14.5. The molecule has 1 N–H and O–H groups in total. The lowest BCUT2D eigenvalue weighted by atomic mass is 10.1. The van der Waals surface area contributed by atoms with E-state index in [1.807, 2.05) is 0 Å². The summed E-state index contributed by atoms with van der Waals surface area (Å²) >= 11 is 0. The summed E-state index contributed by atoms with van der Waals surface area (Å²) in [5.41, 5.74) is 2.99. The Morgan fingerprint density at radius 1 is 1.00 bits per heavy atom. The smallest absolute Gasteiger partial charge is 0.259 e. The van der Waals surface area contributed by atoms with Crippen LogP contribution in [0.1, 0.15) is 27.6 Å². The third-order valence-corrected chi connectivity index (χ3v) is 4.55. The maximum absolute atomic E-state index is 13.8. The number of hydrogen-bond donors (Lipinski definition) is 1. The Bertz CT molecular complexity index is 1230. The molecule has 0 fully saturated rings. The van der Waals surface area contributed by atoms with Crippen molar-refractivity contribution in [3.63, 3.8) is 0 Å².